The molecule has 1 amide bonds. The second kappa shape index (κ2) is 7.13. The SMILES string of the molecule is Cc1nc(N2CCCN(C(=O)C3CC3)CC2)c2c(C)nn(-c3ccccc3)c2n1. The van der Waals surface area contributed by atoms with Crippen molar-refractivity contribution in [1.82, 2.24) is 24.6 Å². The highest BCUT2D eigenvalue weighted by Gasteiger charge is 2.34. The number of aromatic nitrogens is 4. The lowest BCUT2D eigenvalue weighted by Crippen LogP contribution is -2.36. The number of carbonyl (C=O) groups excluding carboxylic acids is 1. The fourth-order valence-corrected chi connectivity index (χ4v) is 4.18. The lowest BCUT2D eigenvalue weighted by molar-refractivity contribution is -0.132. The van der Waals surface area contributed by atoms with Gasteiger partial charge in [-0.25, -0.2) is 14.6 Å². The van der Waals surface area contributed by atoms with Gasteiger partial charge in [0.2, 0.25) is 5.91 Å². The van der Waals surface area contributed by atoms with Crippen molar-refractivity contribution >= 4 is 22.8 Å². The molecule has 2 fully saturated rings. The van der Waals surface area contributed by atoms with Crippen LogP contribution in [0.25, 0.3) is 16.7 Å². The van der Waals surface area contributed by atoms with Crippen LogP contribution >= 0.6 is 0 Å². The van der Waals surface area contributed by atoms with Crippen LogP contribution in [-0.4, -0.2) is 56.7 Å². The topological polar surface area (TPSA) is 67.2 Å². The molecule has 5 rings (SSSR count). The molecule has 3 heterocycles. The van der Waals surface area contributed by atoms with Gasteiger partial charge in [-0.15, -0.1) is 0 Å². The van der Waals surface area contributed by atoms with Gasteiger partial charge in [-0.05, 0) is 45.2 Å². The summed E-state index contributed by atoms with van der Waals surface area (Å²) in [5.41, 5.74) is 2.76. The molecule has 2 aromatic heterocycles. The van der Waals surface area contributed by atoms with Crippen molar-refractivity contribution in [3.63, 3.8) is 0 Å². The molecule has 150 valence electrons. The summed E-state index contributed by atoms with van der Waals surface area (Å²) in [7, 11) is 0. The Kier molecular flexibility index (Phi) is 4.45. The van der Waals surface area contributed by atoms with Crippen LogP contribution in [0.2, 0.25) is 0 Å². The van der Waals surface area contributed by atoms with Crippen molar-refractivity contribution in [2.45, 2.75) is 33.1 Å². The summed E-state index contributed by atoms with van der Waals surface area (Å²) in [6.45, 7) is 7.22. The number of fused-ring (bicyclic) bond motifs is 1. The van der Waals surface area contributed by atoms with Gasteiger partial charge in [0, 0.05) is 32.1 Å². The maximum atomic E-state index is 12.5. The van der Waals surface area contributed by atoms with Gasteiger partial charge in [0.15, 0.2) is 5.65 Å². The van der Waals surface area contributed by atoms with Crippen molar-refractivity contribution in [3.8, 4) is 5.69 Å². The van der Waals surface area contributed by atoms with E-state index in [2.05, 4.69) is 4.90 Å². The van der Waals surface area contributed by atoms with Crippen molar-refractivity contribution in [2.75, 3.05) is 31.1 Å². The molecule has 1 saturated carbocycles. The van der Waals surface area contributed by atoms with E-state index in [0.717, 1.165) is 79.5 Å². The quantitative estimate of drug-likeness (QED) is 0.688. The average molecular weight is 390 g/mol. The zero-order valence-electron chi connectivity index (χ0n) is 17.0. The molecule has 7 nitrogen and oxygen atoms in total. The van der Waals surface area contributed by atoms with Gasteiger partial charge in [0.05, 0.1) is 16.8 Å². The first kappa shape index (κ1) is 18.1. The summed E-state index contributed by atoms with van der Waals surface area (Å²) < 4.78 is 1.91. The number of aryl methyl sites for hydroxylation is 2. The molecule has 3 aromatic rings. The summed E-state index contributed by atoms with van der Waals surface area (Å²) in [6.07, 6.45) is 3.07. The summed E-state index contributed by atoms with van der Waals surface area (Å²) in [4.78, 5) is 26.4. The normalized spacial score (nSPS) is 17.6. The molecule has 7 heteroatoms. The Balaban J connectivity index is 1.51. The molecule has 0 spiro atoms. The zero-order valence-corrected chi connectivity index (χ0v) is 17.0. The van der Waals surface area contributed by atoms with Crippen LogP contribution in [0.3, 0.4) is 0 Å². The number of rotatable bonds is 3. The molecule has 1 saturated heterocycles. The minimum Gasteiger partial charge on any atom is -0.354 e. The van der Waals surface area contributed by atoms with Gasteiger partial charge in [-0.3, -0.25) is 4.79 Å². The van der Waals surface area contributed by atoms with Crippen LogP contribution in [0.1, 0.15) is 30.8 Å². The molecule has 1 aliphatic carbocycles. The predicted octanol–water partition coefficient (Wildman–Crippen LogP) is 2.88. The number of hydrogen-bond acceptors (Lipinski definition) is 5. The Labute approximate surface area is 170 Å². The van der Waals surface area contributed by atoms with Crippen LogP contribution in [0.4, 0.5) is 5.82 Å². The molecule has 0 radical (unpaired) electrons. The van der Waals surface area contributed by atoms with E-state index < -0.39 is 0 Å². The second-order valence-electron chi connectivity index (χ2n) is 8.07. The summed E-state index contributed by atoms with van der Waals surface area (Å²) >= 11 is 0. The van der Waals surface area contributed by atoms with E-state index in [-0.39, 0.29) is 5.92 Å². The summed E-state index contributed by atoms with van der Waals surface area (Å²) in [5.74, 6) is 2.29. The number of hydrogen-bond donors (Lipinski definition) is 0. The molecule has 0 N–H and O–H groups in total. The number of amides is 1. The third-order valence-electron chi connectivity index (χ3n) is 5.83. The van der Waals surface area contributed by atoms with Crippen molar-refractivity contribution in [1.29, 1.82) is 0 Å². The average Bonchev–Trinajstić information content (AvgIpc) is 3.55. The molecule has 29 heavy (non-hydrogen) atoms. The molecule has 0 atom stereocenters. The van der Waals surface area contributed by atoms with Crippen molar-refractivity contribution in [3.05, 3.63) is 41.9 Å². The largest absolute Gasteiger partial charge is 0.354 e. The van der Waals surface area contributed by atoms with Crippen molar-refractivity contribution in [2.24, 2.45) is 5.92 Å². The maximum absolute atomic E-state index is 12.5. The predicted molar refractivity (Wildman–Crippen MR) is 112 cm³/mol. The van der Waals surface area contributed by atoms with E-state index in [9.17, 15) is 4.79 Å². The Morgan fingerprint density at radius 1 is 1.00 bits per heavy atom. The molecule has 1 aliphatic heterocycles. The van der Waals surface area contributed by atoms with Crippen LogP contribution in [0.5, 0.6) is 0 Å². The fraction of sp³-hybridized carbons (Fsp3) is 0.455. The number of carbonyl (C=O) groups is 1. The third kappa shape index (κ3) is 3.34. The van der Waals surface area contributed by atoms with Gasteiger partial charge in [0.1, 0.15) is 11.6 Å². The summed E-state index contributed by atoms with van der Waals surface area (Å²) in [6, 6.07) is 10.1. The van der Waals surface area contributed by atoms with Gasteiger partial charge >= 0.3 is 0 Å². The van der Waals surface area contributed by atoms with Crippen LogP contribution in [-0.2, 0) is 4.79 Å². The number of para-hydroxylation sites is 1. The van der Waals surface area contributed by atoms with Crippen molar-refractivity contribution < 1.29 is 4.79 Å². The molecule has 0 unspecified atom stereocenters. The minimum atomic E-state index is 0.279. The van der Waals surface area contributed by atoms with E-state index in [1.54, 1.807) is 0 Å². The zero-order chi connectivity index (χ0) is 20.0. The molecule has 0 bridgehead atoms. The van der Waals surface area contributed by atoms with E-state index >= 15 is 0 Å². The fourth-order valence-electron chi connectivity index (χ4n) is 4.18. The van der Waals surface area contributed by atoms with Gasteiger partial charge in [0.25, 0.3) is 0 Å². The highest BCUT2D eigenvalue weighted by molar-refractivity contribution is 5.91. The lowest BCUT2D eigenvalue weighted by atomic mass is 10.2. The molecular weight excluding hydrogens is 364 g/mol. The van der Waals surface area contributed by atoms with Gasteiger partial charge < -0.3 is 9.80 Å². The van der Waals surface area contributed by atoms with E-state index in [4.69, 9.17) is 15.1 Å². The number of benzene rings is 1. The first-order valence-corrected chi connectivity index (χ1v) is 10.4. The molecule has 2 aliphatic rings. The van der Waals surface area contributed by atoms with Crippen LogP contribution in [0.15, 0.2) is 30.3 Å². The highest BCUT2D eigenvalue weighted by Crippen LogP contribution is 2.32. The first-order chi connectivity index (χ1) is 14.1. The third-order valence-corrected chi connectivity index (χ3v) is 5.83. The summed E-state index contributed by atoms with van der Waals surface area (Å²) in [5, 5.41) is 5.78. The van der Waals surface area contributed by atoms with Crippen LogP contribution < -0.4 is 4.90 Å². The Morgan fingerprint density at radius 2 is 1.79 bits per heavy atom. The lowest BCUT2D eigenvalue weighted by Gasteiger charge is -2.23. The Bertz CT molecular complexity index is 1060. The minimum absolute atomic E-state index is 0.279. The highest BCUT2D eigenvalue weighted by atomic mass is 16.2. The number of anilines is 1. The van der Waals surface area contributed by atoms with E-state index in [1.165, 1.54) is 0 Å². The Hall–Kier alpha value is -2.96. The van der Waals surface area contributed by atoms with E-state index in [0.29, 0.717) is 5.91 Å². The van der Waals surface area contributed by atoms with Gasteiger partial charge in [-0.1, -0.05) is 18.2 Å². The maximum Gasteiger partial charge on any atom is 0.225 e. The van der Waals surface area contributed by atoms with Crippen LogP contribution in [0, 0.1) is 19.8 Å². The van der Waals surface area contributed by atoms with Gasteiger partial charge in [-0.2, -0.15) is 5.10 Å². The monoisotopic (exact) mass is 390 g/mol. The standard InChI is InChI=1S/C22H26N6O/c1-15-19-20(26-11-6-12-27(14-13-26)22(29)17-9-10-17)23-16(2)24-21(19)28(25-15)18-7-4-3-5-8-18/h3-5,7-8,17H,6,9-14H2,1-2H3. The number of nitrogens with zero attached hydrogens (tertiary/aromatic N) is 6. The molecular formula is C22H26N6O. The Morgan fingerprint density at radius 3 is 2.55 bits per heavy atom. The van der Waals surface area contributed by atoms with E-state index in [1.807, 2.05) is 53.8 Å². The second-order valence-corrected chi connectivity index (χ2v) is 8.07. The first-order valence-electron chi connectivity index (χ1n) is 10.4. The molecule has 1 aromatic carbocycles. The smallest absolute Gasteiger partial charge is 0.225 e.